The Bertz CT molecular complexity index is 590. The third-order valence-electron chi connectivity index (χ3n) is 5.14. The summed E-state index contributed by atoms with van der Waals surface area (Å²) in [5, 5.41) is 3.82. The predicted octanol–water partition coefficient (Wildman–Crippen LogP) is 2.12. The number of amides is 2. The van der Waals surface area contributed by atoms with Crippen molar-refractivity contribution in [1.29, 1.82) is 0 Å². The average molecular weight is 319 g/mol. The van der Waals surface area contributed by atoms with Gasteiger partial charge in [-0.25, -0.2) is 0 Å². The Hall–Kier alpha value is -1.85. The zero-order valence-corrected chi connectivity index (χ0v) is 14.0. The summed E-state index contributed by atoms with van der Waals surface area (Å²) >= 11 is 0. The summed E-state index contributed by atoms with van der Waals surface area (Å²) in [4.78, 5) is 28.0. The van der Waals surface area contributed by atoms with Crippen LogP contribution in [0.25, 0.3) is 0 Å². The van der Waals surface area contributed by atoms with Crippen molar-refractivity contribution < 1.29 is 14.1 Å². The Morgan fingerprint density at radius 1 is 1.39 bits per heavy atom. The van der Waals surface area contributed by atoms with Crippen LogP contribution in [-0.4, -0.2) is 46.9 Å². The van der Waals surface area contributed by atoms with Gasteiger partial charge in [-0.15, -0.1) is 0 Å². The van der Waals surface area contributed by atoms with Gasteiger partial charge < -0.3 is 14.3 Å². The van der Waals surface area contributed by atoms with Crippen LogP contribution in [0.3, 0.4) is 0 Å². The molecule has 126 valence electrons. The van der Waals surface area contributed by atoms with Crippen LogP contribution in [0, 0.1) is 12.3 Å². The van der Waals surface area contributed by atoms with Gasteiger partial charge in [-0.2, -0.15) is 0 Å². The maximum Gasteiger partial charge on any atom is 0.242 e. The highest BCUT2D eigenvalue weighted by Gasteiger charge is 2.44. The molecule has 1 saturated heterocycles. The van der Waals surface area contributed by atoms with Crippen molar-refractivity contribution >= 4 is 11.8 Å². The fourth-order valence-electron chi connectivity index (χ4n) is 3.86. The van der Waals surface area contributed by atoms with Gasteiger partial charge in [0.05, 0.1) is 18.8 Å². The first-order valence-electron chi connectivity index (χ1n) is 8.41. The molecule has 1 aromatic rings. The van der Waals surface area contributed by atoms with E-state index in [1.54, 1.807) is 16.8 Å². The second-order valence-corrected chi connectivity index (χ2v) is 7.17. The van der Waals surface area contributed by atoms with Crippen molar-refractivity contribution in [3.8, 4) is 0 Å². The van der Waals surface area contributed by atoms with Gasteiger partial charge in [-0.1, -0.05) is 24.4 Å². The van der Waals surface area contributed by atoms with Crippen LogP contribution in [0.15, 0.2) is 10.6 Å². The summed E-state index contributed by atoms with van der Waals surface area (Å²) in [6.07, 6.45) is 6.55. The van der Waals surface area contributed by atoms with Gasteiger partial charge in [-0.05, 0) is 25.2 Å². The molecule has 2 fully saturated rings. The van der Waals surface area contributed by atoms with Crippen LogP contribution in [0.4, 0.5) is 0 Å². The summed E-state index contributed by atoms with van der Waals surface area (Å²) in [6.45, 7) is 3.14. The fraction of sp³-hybridized carbons (Fsp3) is 0.706. The van der Waals surface area contributed by atoms with Crippen molar-refractivity contribution in [2.24, 2.45) is 5.41 Å². The van der Waals surface area contributed by atoms with Gasteiger partial charge in [0.15, 0.2) is 5.76 Å². The number of rotatable bonds is 4. The molecule has 0 radical (unpaired) electrons. The van der Waals surface area contributed by atoms with Crippen LogP contribution < -0.4 is 0 Å². The molecule has 0 unspecified atom stereocenters. The molecule has 0 N–H and O–H groups in total. The lowest BCUT2D eigenvalue weighted by atomic mass is 9.73. The number of likely N-dealkylation sites (tertiary alicyclic amines) is 1. The number of aromatic nitrogens is 1. The molecule has 2 aliphatic rings. The SMILES string of the molecule is Cc1cc(CN(C)C(=O)CN2CC3(CCCCC3)CC2=O)on1. The number of hydrogen-bond acceptors (Lipinski definition) is 4. The molecule has 0 aromatic carbocycles. The predicted molar refractivity (Wildman–Crippen MR) is 84.4 cm³/mol. The van der Waals surface area contributed by atoms with Crippen LogP contribution >= 0.6 is 0 Å². The molecule has 1 aromatic heterocycles. The first kappa shape index (κ1) is 16.0. The number of aryl methyl sites for hydroxylation is 1. The zero-order chi connectivity index (χ0) is 16.4. The van der Waals surface area contributed by atoms with E-state index >= 15 is 0 Å². The molecule has 2 heterocycles. The van der Waals surface area contributed by atoms with E-state index in [9.17, 15) is 9.59 Å². The molecule has 1 spiro atoms. The van der Waals surface area contributed by atoms with E-state index in [1.807, 2.05) is 13.0 Å². The molecule has 0 atom stereocenters. The van der Waals surface area contributed by atoms with Gasteiger partial charge in [0.25, 0.3) is 0 Å². The normalized spacial score (nSPS) is 20.3. The Kier molecular flexibility index (Phi) is 4.41. The van der Waals surface area contributed by atoms with E-state index in [-0.39, 0.29) is 23.8 Å². The average Bonchev–Trinajstić information content (AvgIpc) is 3.04. The highest BCUT2D eigenvalue weighted by atomic mass is 16.5. The van der Waals surface area contributed by atoms with E-state index < -0.39 is 0 Å². The highest BCUT2D eigenvalue weighted by molar-refractivity contribution is 5.86. The third-order valence-corrected chi connectivity index (χ3v) is 5.14. The molecule has 3 rings (SSSR count). The summed E-state index contributed by atoms with van der Waals surface area (Å²) in [5.41, 5.74) is 0.936. The van der Waals surface area contributed by atoms with Gasteiger partial charge >= 0.3 is 0 Å². The maximum absolute atomic E-state index is 12.4. The number of likely N-dealkylation sites (N-methyl/N-ethyl adjacent to an activating group) is 1. The van der Waals surface area contributed by atoms with E-state index in [1.165, 1.54) is 19.3 Å². The largest absolute Gasteiger partial charge is 0.359 e. The number of carbonyl (C=O) groups excluding carboxylic acids is 2. The smallest absolute Gasteiger partial charge is 0.242 e. The van der Waals surface area contributed by atoms with E-state index in [4.69, 9.17) is 4.52 Å². The monoisotopic (exact) mass is 319 g/mol. The Labute approximate surface area is 136 Å². The second kappa shape index (κ2) is 6.34. The number of carbonyl (C=O) groups is 2. The standard InChI is InChI=1S/C17H25N3O3/c1-13-8-14(23-18-13)10-19(2)16(22)11-20-12-17(9-15(20)21)6-4-3-5-7-17/h8H,3-7,9-12H2,1-2H3. The minimum absolute atomic E-state index is 0.0553. The lowest BCUT2D eigenvalue weighted by Crippen LogP contribution is -2.39. The first-order chi connectivity index (χ1) is 11.0. The highest BCUT2D eigenvalue weighted by Crippen LogP contribution is 2.44. The Morgan fingerprint density at radius 3 is 2.78 bits per heavy atom. The number of hydrogen-bond donors (Lipinski definition) is 0. The second-order valence-electron chi connectivity index (χ2n) is 7.17. The Morgan fingerprint density at radius 2 is 2.13 bits per heavy atom. The Balaban J connectivity index is 1.55. The lowest BCUT2D eigenvalue weighted by Gasteiger charge is -2.32. The lowest BCUT2D eigenvalue weighted by molar-refractivity contribution is -0.138. The zero-order valence-electron chi connectivity index (χ0n) is 14.0. The summed E-state index contributed by atoms with van der Waals surface area (Å²) < 4.78 is 5.14. The molecule has 0 bridgehead atoms. The topological polar surface area (TPSA) is 66.7 Å². The van der Waals surface area contributed by atoms with Crippen LogP contribution in [0.2, 0.25) is 0 Å². The van der Waals surface area contributed by atoms with Crippen LogP contribution in [0.5, 0.6) is 0 Å². The molecule has 6 heteroatoms. The minimum atomic E-state index is -0.0553. The maximum atomic E-state index is 12.4. The van der Waals surface area contributed by atoms with Crippen LogP contribution in [-0.2, 0) is 16.1 Å². The van der Waals surface area contributed by atoms with Crippen molar-refractivity contribution in [2.75, 3.05) is 20.1 Å². The van der Waals surface area contributed by atoms with E-state index in [2.05, 4.69) is 5.16 Å². The third kappa shape index (κ3) is 3.57. The molecule has 1 aliphatic carbocycles. The molecule has 6 nitrogen and oxygen atoms in total. The van der Waals surface area contributed by atoms with Gasteiger partial charge in [-0.3, -0.25) is 9.59 Å². The molecular weight excluding hydrogens is 294 g/mol. The van der Waals surface area contributed by atoms with Crippen molar-refractivity contribution in [3.05, 3.63) is 17.5 Å². The van der Waals surface area contributed by atoms with Crippen LogP contribution in [0.1, 0.15) is 50.0 Å². The van der Waals surface area contributed by atoms with E-state index in [0.29, 0.717) is 18.7 Å². The molecule has 2 amide bonds. The molecule has 1 aliphatic heterocycles. The molecule has 23 heavy (non-hydrogen) atoms. The number of nitrogens with zero attached hydrogens (tertiary/aromatic N) is 3. The summed E-state index contributed by atoms with van der Waals surface area (Å²) in [7, 11) is 1.73. The van der Waals surface area contributed by atoms with Crippen molar-refractivity contribution in [1.82, 2.24) is 15.0 Å². The summed E-state index contributed by atoms with van der Waals surface area (Å²) in [5.74, 6) is 0.735. The molecule has 1 saturated carbocycles. The summed E-state index contributed by atoms with van der Waals surface area (Å²) in [6, 6.07) is 1.82. The van der Waals surface area contributed by atoms with Gasteiger partial charge in [0.2, 0.25) is 11.8 Å². The minimum Gasteiger partial charge on any atom is -0.359 e. The van der Waals surface area contributed by atoms with Crippen molar-refractivity contribution in [2.45, 2.75) is 52.0 Å². The van der Waals surface area contributed by atoms with E-state index in [0.717, 1.165) is 25.1 Å². The van der Waals surface area contributed by atoms with Gasteiger partial charge in [0.1, 0.15) is 0 Å². The van der Waals surface area contributed by atoms with Crippen molar-refractivity contribution in [3.63, 3.8) is 0 Å². The quantitative estimate of drug-likeness (QED) is 0.852. The van der Waals surface area contributed by atoms with Gasteiger partial charge in [0, 0.05) is 26.1 Å². The molecular formula is C17H25N3O3. The fourth-order valence-corrected chi connectivity index (χ4v) is 3.86. The first-order valence-corrected chi connectivity index (χ1v) is 8.41.